The third-order valence-corrected chi connectivity index (χ3v) is 3.31. The molecular weight excluding hydrogens is 344 g/mol. The van der Waals surface area contributed by atoms with E-state index in [1.54, 1.807) is 0 Å². The minimum absolute atomic E-state index is 0.00122. The van der Waals surface area contributed by atoms with Crippen molar-refractivity contribution in [3.05, 3.63) is 40.1 Å². The SMILES string of the molecule is CC(C)c1c(NN)ncnc1Nc1c(F)cc(Br)cc1F. The molecule has 0 amide bonds. The first-order valence-corrected chi connectivity index (χ1v) is 6.96. The summed E-state index contributed by atoms with van der Waals surface area (Å²) in [5.74, 6) is 4.66. The zero-order valence-electron chi connectivity index (χ0n) is 11.4. The topological polar surface area (TPSA) is 75.9 Å². The largest absolute Gasteiger partial charge is 0.335 e. The molecule has 1 aromatic heterocycles. The normalized spacial score (nSPS) is 10.8. The van der Waals surface area contributed by atoms with E-state index >= 15 is 0 Å². The van der Waals surface area contributed by atoms with E-state index < -0.39 is 11.6 Å². The van der Waals surface area contributed by atoms with Crippen LogP contribution in [0.1, 0.15) is 25.3 Å². The van der Waals surface area contributed by atoms with Gasteiger partial charge in [0.2, 0.25) is 0 Å². The van der Waals surface area contributed by atoms with Crippen molar-refractivity contribution < 1.29 is 8.78 Å². The van der Waals surface area contributed by atoms with E-state index in [-0.39, 0.29) is 11.6 Å². The highest BCUT2D eigenvalue weighted by Crippen LogP contribution is 2.32. The van der Waals surface area contributed by atoms with Gasteiger partial charge in [0, 0.05) is 10.0 Å². The van der Waals surface area contributed by atoms with Crippen LogP contribution < -0.4 is 16.6 Å². The Morgan fingerprint density at radius 1 is 1.14 bits per heavy atom. The van der Waals surface area contributed by atoms with Crippen molar-refractivity contribution in [2.75, 3.05) is 10.7 Å². The molecule has 0 fully saturated rings. The third-order valence-electron chi connectivity index (χ3n) is 2.85. The Hall–Kier alpha value is -1.80. The van der Waals surface area contributed by atoms with Crippen LogP contribution in [0.25, 0.3) is 0 Å². The van der Waals surface area contributed by atoms with Crippen LogP contribution in [0.3, 0.4) is 0 Å². The minimum atomic E-state index is -0.725. The predicted molar refractivity (Wildman–Crippen MR) is 81.3 cm³/mol. The van der Waals surface area contributed by atoms with E-state index in [0.29, 0.717) is 21.7 Å². The van der Waals surface area contributed by atoms with E-state index in [9.17, 15) is 8.78 Å². The number of aromatic nitrogens is 2. The molecule has 2 rings (SSSR count). The Kier molecular flexibility index (Phi) is 4.69. The molecule has 0 unspecified atom stereocenters. The first-order chi connectivity index (χ1) is 9.93. The molecule has 21 heavy (non-hydrogen) atoms. The van der Waals surface area contributed by atoms with Crippen molar-refractivity contribution in [2.24, 2.45) is 5.84 Å². The van der Waals surface area contributed by atoms with Crippen molar-refractivity contribution in [3.63, 3.8) is 0 Å². The number of hydrogen-bond donors (Lipinski definition) is 3. The fraction of sp³-hybridized carbons (Fsp3) is 0.231. The lowest BCUT2D eigenvalue weighted by Crippen LogP contribution is -2.14. The average molecular weight is 358 g/mol. The Morgan fingerprint density at radius 3 is 2.24 bits per heavy atom. The van der Waals surface area contributed by atoms with Gasteiger partial charge in [0.05, 0.1) is 0 Å². The van der Waals surface area contributed by atoms with Gasteiger partial charge in [-0.25, -0.2) is 24.6 Å². The van der Waals surface area contributed by atoms with Gasteiger partial charge in [-0.15, -0.1) is 0 Å². The van der Waals surface area contributed by atoms with E-state index in [2.05, 4.69) is 36.6 Å². The van der Waals surface area contributed by atoms with Gasteiger partial charge in [0.15, 0.2) is 11.6 Å². The molecule has 112 valence electrons. The molecule has 8 heteroatoms. The van der Waals surface area contributed by atoms with Crippen LogP contribution in [0.15, 0.2) is 22.9 Å². The number of nitrogens with two attached hydrogens (primary N) is 1. The van der Waals surface area contributed by atoms with Crippen LogP contribution in [0, 0.1) is 11.6 Å². The molecule has 1 aromatic carbocycles. The molecule has 0 bridgehead atoms. The monoisotopic (exact) mass is 357 g/mol. The van der Waals surface area contributed by atoms with E-state index in [4.69, 9.17) is 5.84 Å². The fourth-order valence-electron chi connectivity index (χ4n) is 1.94. The maximum absolute atomic E-state index is 13.9. The zero-order chi connectivity index (χ0) is 15.6. The lowest BCUT2D eigenvalue weighted by Gasteiger charge is -2.17. The zero-order valence-corrected chi connectivity index (χ0v) is 13.0. The summed E-state index contributed by atoms with van der Waals surface area (Å²) in [6.07, 6.45) is 1.26. The predicted octanol–water partition coefficient (Wildman–Crippen LogP) is 3.67. The molecular formula is C13H14BrF2N5. The molecule has 0 atom stereocenters. The molecule has 0 saturated heterocycles. The third kappa shape index (κ3) is 3.27. The molecule has 0 aliphatic rings. The van der Waals surface area contributed by atoms with Crippen LogP contribution >= 0.6 is 15.9 Å². The number of hydrogen-bond acceptors (Lipinski definition) is 5. The minimum Gasteiger partial charge on any atom is -0.335 e. The molecule has 0 radical (unpaired) electrons. The number of rotatable bonds is 4. The molecule has 2 aromatic rings. The quantitative estimate of drug-likeness (QED) is 0.574. The fourth-order valence-corrected chi connectivity index (χ4v) is 2.34. The smallest absolute Gasteiger partial charge is 0.150 e. The highest BCUT2D eigenvalue weighted by molar-refractivity contribution is 9.10. The summed E-state index contributed by atoms with van der Waals surface area (Å²) in [5.41, 5.74) is 2.82. The van der Waals surface area contributed by atoms with Crippen LogP contribution in [-0.4, -0.2) is 9.97 Å². The van der Waals surface area contributed by atoms with Gasteiger partial charge in [-0.05, 0) is 18.1 Å². The van der Waals surface area contributed by atoms with Crippen molar-refractivity contribution >= 4 is 33.3 Å². The molecule has 0 spiro atoms. The Morgan fingerprint density at radius 2 is 1.71 bits per heavy atom. The highest BCUT2D eigenvalue weighted by Gasteiger charge is 2.18. The molecule has 0 saturated carbocycles. The number of hydrazine groups is 1. The van der Waals surface area contributed by atoms with Gasteiger partial charge in [-0.2, -0.15) is 0 Å². The maximum Gasteiger partial charge on any atom is 0.150 e. The summed E-state index contributed by atoms with van der Waals surface area (Å²) in [6.45, 7) is 3.80. The summed E-state index contributed by atoms with van der Waals surface area (Å²) in [5, 5.41) is 2.67. The average Bonchev–Trinajstić information content (AvgIpc) is 2.42. The first kappa shape index (κ1) is 15.6. The van der Waals surface area contributed by atoms with E-state index in [1.807, 2.05) is 13.8 Å². The van der Waals surface area contributed by atoms with Gasteiger partial charge in [0.25, 0.3) is 0 Å². The Labute approximate surface area is 129 Å². The Balaban J connectivity index is 2.50. The van der Waals surface area contributed by atoms with Gasteiger partial charge >= 0.3 is 0 Å². The summed E-state index contributed by atoms with van der Waals surface area (Å²) in [7, 11) is 0. The van der Waals surface area contributed by atoms with Crippen LogP contribution in [0.4, 0.5) is 26.1 Å². The van der Waals surface area contributed by atoms with Gasteiger partial charge < -0.3 is 10.7 Å². The second-order valence-electron chi connectivity index (χ2n) is 4.65. The Bertz CT molecular complexity index is 640. The van der Waals surface area contributed by atoms with E-state index in [1.165, 1.54) is 18.5 Å². The number of nitrogen functional groups attached to an aromatic ring is 1. The van der Waals surface area contributed by atoms with Crippen LogP contribution in [0.5, 0.6) is 0 Å². The molecule has 0 aliphatic heterocycles. The van der Waals surface area contributed by atoms with Gasteiger partial charge in [-0.1, -0.05) is 29.8 Å². The second-order valence-corrected chi connectivity index (χ2v) is 5.57. The standard InChI is InChI=1S/C13H14BrF2N5/c1-6(2)10-12(18-5-19-13(10)21-17)20-11-8(15)3-7(14)4-9(11)16/h3-6H,17H2,1-2H3,(H2,18,19,20,21). The summed E-state index contributed by atoms with van der Waals surface area (Å²) in [6, 6.07) is 2.34. The molecule has 5 nitrogen and oxygen atoms in total. The summed E-state index contributed by atoms with van der Waals surface area (Å²) < 4.78 is 28.1. The lowest BCUT2D eigenvalue weighted by atomic mass is 10.0. The summed E-state index contributed by atoms with van der Waals surface area (Å²) in [4.78, 5) is 8.04. The van der Waals surface area contributed by atoms with Crippen molar-refractivity contribution in [2.45, 2.75) is 19.8 Å². The van der Waals surface area contributed by atoms with Crippen molar-refractivity contribution in [1.82, 2.24) is 9.97 Å². The van der Waals surface area contributed by atoms with Crippen LogP contribution in [0.2, 0.25) is 0 Å². The second kappa shape index (κ2) is 6.31. The maximum atomic E-state index is 13.9. The number of benzene rings is 1. The van der Waals surface area contributed by atoms with Crippen molar-refractivity contribution in [3.8, 4) is 0 Å². The highest BCUT2D eigenvalue weighted by atomic mass is 79.9. The number of halogens is 3. The number of nitrogens with one attached hydrogen (secondary N) is 2. The first-order valence-electron chi connectivity index (χ1n) is 6.17. The summed E-state index contributed by atoms with van der Waals surface area (Å²) >= 11 is 3.03. The van der Waals surface area contributed by atoms with Crippen LogP contribution in [-0.2, 0) is 0 Å². The number of anilines is 3. The van der Waals surface area contributed by atoms with Gasteiger partial charge in [0.1, 0.15) is 23.7 Å². The molecule has 0 aliphatic carbocycles. The molecule has 1 heterocycles. The molecule has 4 N–H and O–H groups in total. The van der Waals surface area contributed by atoms with E-state index in [0.717, 1.165) is 0 Å². The number of nitrogens with zero attached hydrogens (tertiary/aromatic N) is 2. The lowest BCUT2D eigenvalue weighted by molar-refractivity contribution is 0.589. The van der Waals surface area contributed by atoms with Gasteiger partial charge in [-0.3, -0.25) is 0 Å². The van der Waals surface area contributed by atoms with Crippen molar-refractivity contribution in [1.29, 1.82) is 0 Å².